The van der Waals surface area contributed by atoms with Crippen LogP contribution in [0.25, 0.3) is 0 Å². The molecule has 17 heteroatoms. The van der Waals surface area contributed by atoms with Crippen molar-refractivity contribution in [2.24, 2.45) is 0 Å². The van der Waals surface area contributed by atoms with E-state index in [2.05, 4.69) is 4.18 Å². The molecule has 0 aliphatic carbocycles. The molecule has 0 N–H and O–H groups in total. The highest BCUT2D eigenvalue weighted by Gasteiger charge is 2.86. The smallest absolute Gasteiger partial charge is 0.235 e. The summed E-state index contributed by atoms with van der Waals surface area (Å²) in [7, 11) is -7.75. The largest absolute Gasteiger partial charge is 0.460 e. The third kappa shape index (κ3) is 3.65. The van der Waals surface area contributed by atoms with E-state index in [4.69, 9.17) is 0 Å². The first kappa shape index (κ1) is 23.0. The highest BCUT2D eigenvalue weighted by molar-refractivity contribution is 7.87. The summed E-state index contributed by atoms with van der Waals surface area (Å²) in [6.45, 7) is 0. The van der Waals surface area contributed by atoms with Crippen LogP contribution in [0.2, 0.25) is 0 Å². The third-order valence-electron chi connectivity index (χ3n) is 2.14. The van der Waals surface area contributed by atoms with Crippen molar-refractivity contribution in [1.29, 1.82) is 0 Å². The van der Waals surface area contributed by atoms with E-state index in [9.17, 15) is 65.5 Å². The standard InChI is InChI=1S/C7H3F13O3S/c8-1(2(9)10)3(11)23-24(21,22)7(19,20)5(14,15)4(12,13)6(16,17)18/h1-3H. The van der Waals surface area contributed by atoms with E-state index in [1.165, 1.54) is 0 Å². The van der Waals surface area contributed by atoms with Crippen LogP contribution in [0, 0.1) is 0 Å². The van der Waals surface area contributed by atoms with Crippen LogP contribution in [0.5, 0.6) is 0 Å². The Balaban J connectivity index is 5.87. The lowest BCUT2D eigenvalue weighted by molar-refractivity contribution is -0.383. The fourth-order valence-corrected chi connectivity index (χ4v) is 1.78. The Morgan fingerprint density at radius 2 is 1.08 bits per heavy atom. The zero-order valence-electron chi connectivity index (χ0n) is 10.3. The summed E-state index contributed by atoms with van der Waals surface area (Å²) in [4.78, 5) is 0. The SMILES string of the molecule is O=S(=O)(OC(F)C(F)C(F)F)C(F)(F)C(F)(F)C(F)(F)C(F)(F)F. The Bertz CT molecular complexity index is 538. The maximum absolute atomic E-state index is 12.9. The summed E-state index contributed by atoms with van der Waals surface area (Å²) in [5, 5.41) is -7.47. The number of hydrogen-bond acceptors (Lipinski definition) is 3. The molecule has 0 aliphatic heterocycles. The molecule has 0 bridgehead atoms. The fraction of sp³-hybridized carbons (Fsp3) is 1.00. The Labute approximate surface area is 123 Å². The second kappa shape index (κ2) is 6.38. The quantitative estimate of drug-likeness (QED) is 0.472. The molecule has 0 aromatic carbocycles. The Hall–Kier alpha value is -1.00. The minimum absolute atomic E-state index is 2.24. The summed E-state index contributed by atoms with van der Waals surface area (Å²) < 4.78 is 183. The average Bonchev–Trinajstić information content (AvgIpc) is 2.34. The molecule has 146 valence electrons. The number of halogens is 13. The molecule has 24 heavy (non-hydrogen) atoms. The monoisotopic (exact) mass is 414 g/mol. The fourth-order valence-electron chi connectivity index (χ4n) is 0.867. The van der Waals surface area contributed by atoms with E-state index in [-0.39, 0.29) is 0 Å². The van der Waals surface area contributed by atoms with Crippen molar-refractivity contribution in [2.75, 3.05) is 0 Å². The van der Waals surface area contributed by atoms with Crippen LogP contribution in [0.3, 0.4) is 0 Å². The molecule has 2 unspecified atom stereocenters. The number of alkyl halides is 13. The number of hydrogen-bond donors (Lipinski definition) is 0. The average molecular weight is 414 g/mol. The van der Waals surface area contributed by atoms with Gasteiger partial charge in [-0.15, -0.1) is 0 Å². The van der Waals surface area contributed by atoms with Crippen molar-refractivity contribution >= 4 is 10.1 Å². The van der Waals surface area contributed by atoms with Crippen molar-refractivity contribution < 1.29 is 69.7 Å². The van der Waals surface area contributed by atoms with Crippen molar-refractivity contribution in [3.05, 3.63) is 0 Å². The first-order valence-electron chi connectivity index (χ1n) is 4.93. The Morgan fingerprint density at radius 3 is 1.38 bits per heavy atom. The van der Waals surface area contributed by atoms with Crippen LogP contribution in [0.1, 0.15) is 0 Å². The van der Waals surface area contributed by atoms with Gasteiger partial charge in [-0.05, 0) is 0 Å². The lowest BCUT2D eigenvalue weighted by atomic mass is 10.1. The van der Waals surface area contributed by atoms with E-state index in [1.807, 2.05) is 0 Å². The first-order chi connectivity index (χ1) is 10.2. The topological polar surface area (TPSA) is 43.4 Å². The number of rotatable bonds is 7. The van der Waals surface area contributed by atoms with Crippen molar-refractivity contribution in [1.82, 2.24) is 0 Å². The first-order valence-corrected chi connectivity index (χ1v) is 6.34. The predicted molar refractivity (Wildman–Crippen MR) is 46.7 cm³/mol. The van der Waals surface area contributed by atoms with Gasteiger partial charge in [0.25, 0.3) is 12.8 Å². The highest BCUT2D eigenvalue weighted by atomic mass is 32.2. The molecular weight excluding hydrogens is 411 g/mol. The summed E-state index contributed by atoms with van der Waals surface area (Å²) in [6, 6.07) is 0. The van der Waals surface area contributed by atoms with Gasteiger partial charge in [0.05, 0.1) is 0 Å². The molecule has 0 spiro atoms. The van der Waals surface area contributed by atoms with Gasteiger partial charge in [0.2, 0.25) is 6.17 Å². The highest BCUT2D eigenvalue weighted by Crippen LogP contribution is 2.55. The van der Waals surface area contributed by atoms with Gasteiger partial charge < -0.3 is 0 Å². The van der Waals surface area contributed by atoms with Gasteiger partial charge in [-0.25, -0.2) is 21.7 Å². The summed E-state index contributed by atoms with van der Waals surface area (Å²) >= 11 is 0. The van der Waals surface area contributed by atoms with Crippen LogP contribution in [-0.2, 0) is 14.3 Å². The van der Waals surface area contributed by atoms with Gasteiger partial charge in [0.15, 0.2) is 0 Å². The maximum atomic E-state index is 12.9. The van der Waals surface area contributed by atoms with Gasteiger partial charge in [-0.2, -0.15) is 47.9 Å². The molecule has 0 radical (unpaired) electrons. The molecule has 0 aromatic rings. The molecule has 0 saturated heterocycles. The van der Waals surface area contributed by atoms with E-state index in [1.54, 1.807) is 0 Å². The second-order valence-electron chi connectivity index (χ2n) is 3.84. The molecule has 0 aromatic heterocycles. The predicted octanol–water partition coefficient (Wildman–Crippen LogP) is 3.66. The summed E-state index contributed by atoms with van der Waals surface area (Å²) in [5.74, 6) is -15.4. The summed E-state index contributed by atoms with van der Waals surface area (Å²) in [5.41, 5.74) is 0. The minimum Gasteiger partial charge on any atom is -0.235 e. The van der Waals surface area contributed by atoms with Crippen molar-refractivity contribution in [3.8, 4) is 0 Å². The third-order valence-corrected chi connectivity index (χ3v) is 3.46. The van der Waals surface area contributed by atoms with E-state index in [0.717, 1.165) is 0 Å². The molecule has 0 fully saturated rings. The van der Waals surface area contributed by atoms with E-state index < -0.39 is 52.3 Å². The zero-order valence-corrected chi connectivity index (χ0v) is 11.1. The van der Waals surface area contributed by atoms with Crippen molar-refractivity contribution in [3.63, 3.8) is 0 Å². The summed E-state index contributed by atoms with van der Waals surface area (Å²) in [6.07, 6.45) is -20.7. The van der Waals surface area contributed by atoms with Gasteiger partial charge in [0.1, 0.15) is 0 Å². The molecule has 0 rings (SSSR count). The Morgan fingerprint density at radius 1 is 0.708 bits per heavy atom. The molecular formula is C7H3F13O3S. The molecule has 2 atom stereocenters. The van der Waals surface area contributed by atoms with Gasteiger partial charge in [0, 0.05) is 0 Å². The van der Waals surface area contributed by atoms with E-state index >= 15 is 0 Å². The van der Waals surface area contributed by atoms with Crippen LogP contribution >= 0.6 is 0 Å². The lowest BCUT2D eigenvalue weighted by Crippen LogP contribution is -2.63. The van der Waals surface area contributed by atoms with Crippen LogP contribution in [0.4, 0.5) is 57.1 Å². The van der Waals surface area contributed by atoms with Crippen molar-refractivity contribution in [2.45, 2.75) is 42.2 Å². The second-order valence-corrected chi connectivity index (χ2v) is 5.46. The molecule has 0 heterocycles. The normalized spacial score (nSPS) is 17.9. The minimum atomic E-state index is -7.76. The van der Waals surface area contributed by atoms with E-state index in [0.29, 0.717) is 0 Å². The zero-order chi connectivity index (χ0) is 19.9. The molecule has 0 saturated carbocycles. The molecule has 0 aliphatic rings. The van der Waals surface area contributed by atoms with Crippen LogP contribution in [0.15, 0.2) is 0 Å². The van der Waals surface area contributed by atoms with Gasteiger partial charge in [-0.3, -0.25) is 0 Å². The molecule has 0 amide bonds. The van der Waals surface area contributed by atoms with Gasteiger partial charge >= 0.3 is 33.4 Å². The van der Waals surface area contributed by atoms with Crippen LogP contribution < -0.4 is 0 Å². The maximum Gasteiger partial charge on any atom is 0.460 e. The van der Waals surface area contributed by atoms with Gasteiger partial charge in [-0.1, -0.05) is 0 Å². The molecule has 3 nitrogen and oxygen atoms in total. The van der Waals surface area contributed by atoms with Crippen LogP contribution in [-0.4, -0.2) is 50.6 Å². The lowest BCUT2D eigenvalue weighted by Gasteiger charge is -2.32. The Kier molecular flexibility index (Phi) is 6.11.